The van der Waals surface area contributed by atoms with Crippen LogP contribution in [-0.2, 0) is 17.6 Å². The Morgan fingerprint density at radius 2 is 2.22 bits per heavy atom. The van der Waals surface area contributed by atoms with Crippen LogP contribution >= 0.6 is 0 Å². The van der Waals surface area contributed by atoms with E-state index in [1.165, 1.54) is 11.1 Å². The molecule has 1 aliphatic rings. The molecule has 0 saturated carbocycles. The summed E-state index contributed by atoms with van der Waals surface area (Å²) in [5, 5.41) is 0. The first kappa shape index (κ1) is 13.1. The molecule has 2 N–H and O–H groups in total. The zero-order valence-electron chi connectivity index (χ0n) is 11.3. The number of fused-ring (bicyclic) bond motifs is 1. The molecule has 2 rings (SSSR count). The fourth-order valence-corrected chi connectivity index (χ4v) is 2.46. The molecule has 1 aromatic rings. The van der Waals surface area contributed by atoms with Gasteiger partial charge in [-0.2, -0.15) is 0 Å². The maximum atomic E-state index is 12.1. The third-order valence-corrected chi connectivity index (χ3v) is 3.47. The molecule has 3 heteroatoms. The highest BCUT2D eigenvalue weighted by Crippen LogP contribution is 2.30. The molecule has 0 atom stereocenters. The lowest BCUT2D eigenvalue weighted by atomic mass is 10.0. The Hall–Kier alpha value is -1.35. The van der Waals surface area contributed by atoms with Crippen molar-refractivity contribution < 1.29 is 4.79 Å². The summed E-state index contributed by atoms with van der Waals surface area (Å²) in [7, 11) is 0. The Balaban J connectivity index is 2.17. The molecule has 0 aromatic heterocycles. The zero-order chi connectivity index (χ0) is 13.1. The van der Waals surface area contributed by atoms with Gasteiger partial charge in [0.25, 0.3) is 0 Å². The minimum Gasteiger partial charge on any atom is -0.330 e. The van der Waals surface area contributed by atoms with E-state index < -0.39 is 0 Å². The number of benzene rings is 1. The van der Waals surface area contributed by atoms with Crippen LogP contribution in [0, 0.1) is 5.92 Å². The zero-order valence-corrected chi connectivity index (χ0v) is 11.3. The van der Waals surface area contributed by atoms with Gasteiger partial charge < -0.3 is 10.6 Å². The first-order valence-electron chi connectivity index (χ1n) is 6.76. The van der Waals surface area contributed by atoms with Gasteiger partial charge in [0.1, 0.15) is 0 Å². The number of rotatable bonds is 4. The highest BCUT2D eigenvalue weighted by molar-refractivity contribution is 5.96. The quantitative estimate of drug-likeness (QED) is 0.884. The molecule has 0 aliphatic carbocycles. The number of aryl methyl sites for hydroxylation is 1. The molecule has 0 saturated heterocycles. The van der Waals surface area contributed by atoms with Gasteiger partial charge in [-0.3, -0.25) is 4.79 Å². The molecule has 3 nitrogen and oxygen atoms in total. The summed E-state index contributed by atoms with van der Waals surface area (Å²) in [6, 6.07) is 6.45. The summed E-state index contributed by atoms with van der Waals surface area (Å²) >= 11 is 0. The first-order chi connectivity index (χ1) is 8.63. The van der Waals surface area contributed by atoms with E-state index in [-0.39, 0.29) is 11.8 Å². The van der Waals surface area contributed by atoms with Crippen LogP contribution in [0.15, 0.2) is 18.2 Å². The lowest BCUT2D eigenvalue weighted by Crippen LogP contribution is -2.32. The monoisotopic (exact) mass is 246 g/mol. The van der Waals surface area contributed by atoms with Gasteiger partial charge in [-0.15, -0.1) is 0 Å². The first-order valence-corrected chi connectivity index (χ1v) is 6.76. The van der Waals surface area contributed by atoms with Crippen LogP contribution in [0.3, 0.4) is 0 Å². The van der Waals surface area contributed by atoms with Crippen molar-refractivity contribution in [2.75, 3.05) is 18.0 Å². The number of nitrogens with zero attached hydrogens (tertiary/aromatic N) is 1. The van der Waals surface area contributed by atoms with Gasteiger partial charge in [-0.05, 0) is 43.0 Å². The van der Waals surface area contributed by atoms with Crippen LogP contribution < -0.4 is 10.6 Å². The molecule has 1 heterocycles. The summed E-state index contributed by atoms with van der Waals surface area (Å²) in [6.07, 6.45) is 3.03. The average molecular weight is 246 g/mol. The van der Waals surface area contributed by atoms with E-state index in [1.54, 1.807) is 0 Å². The normalized spacial score (nSPS) is 14.1. The van der Waals surface area contributed by atoms with Crippen molar-refractivity contribution >= 4 is 11.6 Å². The van der Waals surface area contributed by atoms with Gasteiger partial charge in [-0.25, -0.2) is 0 Å². The van der Waals surface area contributed by atoms with Crippen molar-refractivity contribution in [2.45, 2.75) is 33.1 Å². The summed E-state index contributed by atoms with van der Waals surface area (Å²) in [4.78, 5) is 14.0. The molecule has 0 fully saturated rings. The third-order valence-electron chi connectivity index (χ3n) is 3.47. The molecule has 1 aliphatic heterocycles. The number of anilines is 1. The van der Waals surface area contributed by atoms with E-state index in [0.717, 1.165) is 38.0 Å². The van der Waals surface area contributed by atoms with Crippen molar-refractivity contribution in [3.8, 4) is 0 Å². The Labute approximate surface area is 109 Å². The lowest BCUT2D eigenvalue weighted by molar-refractivity contribution is -0.121. The summed E-state index contributed by atoms with van der Waals surface area (Å²) in [6.45, 7) is 5.47. The van der Waals surface area contributed by atoms with Crippen molar-refractivity contribution in [3.63, 3.8) is 0 Å². The van der Waals surface area contributed by atoms with Crippen LogP contribution in [0.4, 0.5) is 5.69 Å². The van der Waals surface area contributed by atoms with Gasteiger partial charge in [0.05, 0.1) is 0 Å². The molecule has 1 aromatic carbocycles. The summed E-state index contributed by atoms with van der Waals surface area (Å²) in [5.41, 5.74) is 9.27. The van der Waals surface area contributed by atoms with E-state index in [0.29, 0.717) is 0 Å². The van der Waals surface area contributed by atoms with Crippen molar-refractivity contribution in [3.05, 3.63) is 29.3 Å². The average Bonchev–Trinajstić information content (AvgIpc) is 2.78. The van der Waals surface area contributed by atoms with Gasteiger partial charge in [0.2, 0.25) is 5.91 Å². The number of nitrogens with two attached hydrogens (primary N) is 1. The fourth-order valence-electron chi connectivity index (χ4n) is 2.46. The highest BCUT2D eigenvalue weighted by Gasteiger charge is 2.26. The molecular formula is C15H22N2O. The predicted molar refractivity (Wildman–Crippen MR) is 74.7 cm³/mol. The molecule has 98 valence electrons. The van der Waals surface area contributed by atoms with Crippen LogP contribution in [0.5, 0.6) is 0 Å². The fraction of sp³-hybridized carbons (Fsp3) is 0.533. The molecule has 0 radical (unpaired) electrons. The predicted octanol–water partition coefficient (Wildman–Crippen LogP) is 2.12. The molecule has 0 bridgehead atoms. The van der Waals surface area contributed by atoms with E-state index in [1.807, 2.05) is 18.7 Å². The third kappa shape index (κ3) is 2.56. The Kier molecular flexibility index (Phi) is 4.02. The Bertz CT molecular complexity index is 440. The summed E-state index contributed by atoms with van der Waals surface area (Å²) < 4.78 is 0. The molecule has 0 unspecified atom stereocenters. The van der Waals surface area contributed by atoms with Crippen molar-refractivity contribution in [1.29, 1.82) is 0 Å². The van der Waals surface area contributed by atoms with E-state index in [2.05, 4.69) is 18.2 Å². The number of carbonyl (C=O) groups is 1. The Morgan fingerprint density at radius 1 is 1.44 bits per heavy atom. The largest absolute Gasteiger partial charge is 0.330 e. The molecule has 0 spiro atoms. The van der Waals surface area contributed by atoms with E-state index in [4.69, 9.17) is 5.73 Å². The van der Waals surface area contributed by atoms with Crippen molar-refractivity contribution in [1.82, 2.24) is 0 Å². The minimum absolute atomic E-state index is 0.0628. The van der Waals surface area contributed by atoms with Gasteiger partial charge in [0, 0.05) is 18.2 Å². The smallest absolute Gasteiger partial charge is 0.229 e. The van der Waals surface area contributed by atoms with Crippen molar-refractivity contribution in [2.24, 2.45) is 11.7 Å². The maximum absolute atomic E-state index is 12.1. The molecule has 18 heavy (non-hydrogen) atoms. The van der Waals surface area contributed by atoms with Gasteiger partial charge >= 0.3 is 0 Å². The highest BCUT2D eigenvalue weighted by atomic mass is 16.2. The number of carbonyl (C=O) groups excluding carboxylic acids is 1. The second-order valence-electron chi connectivity index (χ2n) is 5.25. The second-order valence-corrected chi connectivity index (χ2v) is 5.25. The topological polar surface area (TPSA) is 46.3 Å². The van der Waals surface area contributed by atoms with Crippen LogP contribution in [0.2, 0.25) is 0 Å². The van der Waals surface area contributed by atoms with Crippen LogP contribution in [0.1, 0.15) is 31.4 Å². The van der Waals surface area contributed by atoms with Gasteiger partial charge in [-0.1, -0.05) is 26.0 Å². The standard InChI is InChI=1S/C15H22N2O/c1-11(2)15(18)17-9-7-13-10-12(4-3-8-16)5-6-14(13)17/h5-6,10-11H,3-4,7-9,16H2,1-2H3. The minimum atomic E-state index is 0.0628. The van der Waals surface area contributed by atoms with Crippen LogP contribution in [-0.4, -0.2) is 19.0 Å². The SMILES string of the molecule is CC(C)C(=O)N1CCc2cc(CCCN)ccc21. The number of amides is 1. The second kappa shape index (κ2) is 5.53. The maximum Gasteiger partial charge on any atom is 0.229 e. The van der Waals surface area contributed by atoms with E-state index >= 15 is 0 Å². The van der Waals surface area contributed by atoms with Gasteiger partial charge in [0.15, 0.2) is 0 Å². The van der Waals surface area contributed by atoms with E-state index in [9.17, 15) is 4.79 Å². The number of hydrogen-bond acceptors (Lipinski definition) is 2. The Morgan fingerprint density at radius 3 is 2.89 bits per heavy atom. The molecule has 1 amide bonds. The summed E-state index contributed by atoms with van der Waals surface area (Å²) in [5.74, 6) is 0.288. The van der Waals surface area contributed by atoms with Crippen LogP contribution in [0.25, 0.3) is 0 Å². The number of hydrogen-bond donors (Lipinski definition) is 1. The molecular weight excluding hydrogens is 224 g/mol. The lowest BCUT2D eigenvalue weighted by Gasteiger charge is -2.19.